The number of anilines is 1. The first-order valence-corrected chi connectivity index (χ1v) is 5.25. The fraction of sp³-hybridized carbons (Fsp3) is 0.700. The molecule has 1 aromatic heterocycles. The van der Waals surface area contributed by atoms with E-state index < -0.39 is 0 Å². The number of ether oxygens (including phenoxy) is 2. The van der Waals surface area contributed by atoms with Crippen molar-refractivity contribution in [1.29, 1.82) is 0 Å². The molecule has 84 valence electrons. The van der Waals surface area contributed by atoms with Crippen LogP contribution in [0.5, 0.6) is 0 Å². The van der Waals surface area contributed by atoms with Gasteiger partial charge in [0.25, 0.3) is 0 Å². The zero-order chi connectivity index (χ0) is 10.5. The van der Waals surface area contributed by atoms with Gasteiger partial charge in [0.1, 0.15) is 0 Å². The van der Waals surface area contributed by atoms with Crippen LogP contribution >= 0.6 is 0 Å². The lowest BCUT2D eigenvalue weighted by molar-refractivity contribution is 0.0904. The molecule has 1 aliphatic heterocycles. The minimum atomic E-state index is 0.493. The highest BCUT2D eigenvalue weighted by Crippen LogP contribution is 2.17. The number of methoxy groups -OCH3 is 1. The molecule has 0 bridgehead atoms. The van der Waals surface area contributed by atoms with E-state index in [1.165, 1.54) is 0 Å². The second-order valence-electron chi connectivity index (χ2n) is 3.73. The van der Waals surface area contributed by atoms with Crippen LogP contribution < -0.4 is 5.32 Å². The second-order valence-corrected chi connectivity index (χ2v) is 3.73. The van der Waals surface area contributed by atoms with E-state index in [1.807, 2.05) is 6.20 Å². The van der Waals surface area contributed by atoms with Gasteiger partial charge in [0.15, 0.2) is 0 Å². The Morgan fingerprint density at radius 2 is 2.40 bits per heavy atom. The summed E-state index contributed by atoms with van der Waals surface area (Å²) in [4.78, 5) is 0. The summed E-state index contributed by atoms with van der Waals surface area (Å²) >= 11 is 0. The standard InChI is InChI=1S/C10H17N3O2/c1-14-7-10-9(6-11-13-10)12-8-2-4-15-5-3-8/h6,8,12H,2-5,7H2,1H3,(H,11,13). The minimum absolute atomic E-state index is 0.493. The summed E-state index contributed by atoms with van der Waals surface area (Å²) in [7, 11) is 1.68. The van der Waals surface area contributed by atoms with E-state index in [2.05, 4.69) is 15.5 Å². The number of aromatic nitrogens is 2. The molecule has 0 saturated carbocycles. The lowest BCUT2D eigenvalue weighted by atomic mass is 10.1. The van der Waals surface area contributed by atoms with Gasteiger partial charge in [0.2, 0.25) is 0 Å². The van der Waals surface area contributed by atoms with Crippen molar-refractivity contribution >= 4 is 5.69 Å². The highest BCUT2D eigenvalue weighted by atomic mass is 16.5. The van der Waals surface area contributed by atoms with Crippen LogP contribution in [0.1, 0.15) is 18.5 Å². The monoisotopic (exact) mass is 211 g/mol. The predicted octanol–water partition coefficient (Wildman–Crippen LogP) is 1.15. The molecule has 5 nitrogen and oxygen atoms in total. The maximum Gasteiger partial charge on any atom is 0.0899 e. The van der Waals surface area contributed by atoms with Crippen LogP contribution in [-0.2, 0) is 16.1 Å². The van der Waals surface area contributed by atoms with Crippen molar-refractivity contribution in [3.8, 4) is 0 Å². The molecule has 15 heavy (non-hydrogen) atoms. The Hall–Kier alpha value is -1.07. The smallest absolute Gasteiger partial charge is 0.0899 e. The van der Waals surface area contributed by atoms with E-state index in [1.54, 1.807) is 7.11 Å². The normalized spacial score (nSPS) is 17.9. The highest BCUT2D eigenvalue weighted by molar-refractivity contribution is 5.46. The third kappa shape index (κ3) is 2.70. The summed E-state index contributed by atoms with van der Waals surface area (Å²) in [5.41, 5.74) is 2.05. The summed E-state index contributed by atoms with van der Waals surface area (Å²) in [5.74, 6) is 0. The lowest BCUT2D eigenvalue weighted by Crippen LogP contribution is -2.28. The molecular formula is C10H17N3O2. The number of hydrogen-bond acceptors (Lipinski definition) is 4. The van der Waals surface area contributed by atoms with Crippen molar-refractivity contribution in [2.45, 2.75) is 25.5 Å². The molecule has 2 N–H and O–H groups in total. The average molecular weight is 211 g/mol. The van der Waals surface area contributed by atoms with E-state index in [4.69, 9.17) is 9.47 Å². The Morgan fingerprint density at radius 3 is 3.13 bits per heavy atom. The van der Waals surface area contributed by atoms with E-state index in [9.17, 15) is 0 Å². The molecule has 2 heterocycles. The van der Waals surface area contributed by atoms with Crippen LogP contribution in [-0.4, -0.2) is 36.6 Å². The van der Waals surface area contributed by atoms with Gasteiger partial charge in [-0.1, -0.05) is 0 Å². The van der Waals surface area contributed by atoms with Gasteiger partial charge in [-0.05, 0) is 12.8 Å². The van der Waals surface area contributed by atoms with Crippen molar-refractivity contribution in [2.24, 2.45) is 0 Å². The zero-order valence-corrected chi connectivity index (χ0v) is 8.95. The Balaban J connectivity index is 1.93. The molecule has 1 fully saturated rings. The van der Waals surface area contributed by atoms with Crippen molar-refractivity contribution in [2.75, 3.05) is 25.6 Å². The van der Waals surface area contributed by atoms with Gasteiger partial charge in [0, 0.05) is 26.4 Å². The van der Waals surface area contributed by atoms with Gasteiger partial charge in [-0.2, -0.15) is 5.10 Å². The zero-order valence-electron chi connectivity index (χ0n) is 8.95. The average Bonchev–Trinajstić information content (AvgIpc) is 2.68. The molecule has 0 aromatic carbocycles. The van der Waals surface area contributed by atoms with E-state index in [-0.39, 0.29) is 0 Å². The number of rotatable bonds is 4. The first-order chi connectivity index (χ1) is 7.40. The van der Waals surface area contributed by atoms with Gasteiger partial charge in [-0.25, -0.2) is 0 Å². The maximum absolute atomic E-state index is 5.31. The van der Waals surface area contributed by atoms with Gasteiger partial charge < -0.3 is 14.8 Å². The minimum Gasteiger partial charge on any atom is -0.381 e. The number of H-pyrrole nitrogens is 1. The number of nitrogens with zero attached hydrogens (tertiary/aromatic N) is 1. The topological polar surface area (TPSA) is 59.2 Å². The third-order valence-corrected chi connectivity index (χ3v) is 2.59. The van der Waals surface area contributed by atoms with Crippen molar-refractivity contribution in [3.63, 3.8) is 0 Å². The van der Waals surface area contributed by atoms with Gasteiger partial charge in [0.05, 0.1) is 24.2 Å². The molecule has 1 aliphatic rings. The fourth-order valence-electron chi connectivity index (χ4n) is 1.75. The molecule has 2 rings (SSSR count). The van der Waals surface area contributed by atoms with Crippen LogP contribution in [0, 0.1) is 0 Å². The van der Waals surface area contributed by atoms with E-state index in [0.717, 1.165) is 37.4 Å². The van der Waals surface area contributed by atoms with Crippen LogP contribution in [0.25, 0.3) is 0 Å². The van der Waals surface area contributed by atoms with Crippen LogP contribution in [0.2, 0.25) is 0 Å². The summed E-state index contributed by atoms with van der Waals surface area (Å²) < 4.78 is 10.4. The largest absolute Gasteiger partial charge is 0.381 e. The van der Waals surface area contributed by atoms with Gasteiger partial charge >= 0.3 is 0 Å². The Bertz CT molecular complexity index is 295. The Kier molecular flexibility index (Phi) is 3.58. The Labute approximate surface area is 89.2 Å². The maximum atomic E-state index is 5.31. The summed E-state index contributed by atoms with van der Waals surface area (Å²) in [6.07, 6.45) is 3.92. The van der Waals surface area contributed by atoms with Crippen LogP contribution in [0.4, 0.5) is 5.69 Å². The van der Waals surface area contributed by atoms with E-state index in [0.29, 0.717) is 12.6 Å². The van der Waals surface area contributed by atoms with E-state index >= 15 is 0 Å². The first kappa shape index (κ1) is 10.4. The molecule has 1 aromatic rings. The third-order valence-electron chi connectivity index (χ3n) is 2.59. The molecule has 0 aliphatic carbocycles. The SMILES string of the molecule is COCc1[nH]ncc1NC1CCOCC1. The van der Waals surface area contributed by atoms with Crippen LogP contribution in [0.3, 0.4) is 0 Å². The molecular weight excluding hydrogens is 194 g/mol. The van der Waals surface area contributed by atoms with Crippen LogP contribution in [0.15, 0.2) is 6.20 Å². The second kappa shape index (κ2) is 5.14. The van der Waals surface area contributed by atoms with Crippen molar-refractivity contribution < 1.29 is 9.47 Å². The number of aromatic amines is 1. The summed E-state index contributed by atoms with van der Waals surface area (Å²) in [6, 6.07) is 0.493. The Morgan fingerprint density at radius 1 is 1.60 bits per heavy atom. The number of hydrogen-bond donors (Lipinski definition) is 2. The summed E-state index contributed by atoms with van der Waals surface area (Å²) in [6.45, 7) is 2.25. The lowest BCUT2D eigenvalue weighted by Gasteiger charge is -2.23. The van der Waals surface area contributed by atoms with Gasteiger partial charge in [-0.15, -0.1) is 0 Å². The first-order valence-electron chi connectivity index (χ1n) is 5.25. The molecule has 1 saturated heterocycles. The quantitative estimate of drug-likeness (QED) is 0.784. The predicted molar refractivity (Wildman–Crippen MR) is 56.8 cm³/mol. The van der Waals surface area contributed by atoms with Crippen molar-refractivity contribution in [1.82, 2.24) is 10.2 Å². The molecule has 0 radical (unpaired) electrons. The highest BCUT2D eigenvalue weighted by Gasteiger charge is 2.15. The molecule has 0 amide bonds. The molecule has 0 spiro atoms. The fourth-order valence-corrected chi connectivity index (χ4v) is 1.75. The van der Waals surface area contributed by atoms with Gasteiger partial charge in [-0.3, -0.25) is 5.10 Å². The van der Waals surface area contributed by atoms with Crippen molar-refractivity contribution in [3.05, 3.63) is 11.9 Å². The molecule has 0 atom stereocenters. The number of nitrogens with one attached hydrogen (secondary N) is 2. The molecule has 5 heteroatoms. The molecule has 0 unspecified atom stereocenters. The summed E-state index contributed by atoms with van der Waals surface area (Å²) in [5, 5.41) is 10.4.